The lowest BCUT2D eigenvalue weighted by Crippen LogP contribution is -2.43. The Morgan fingerprint density at radius 2 is 1.96 bits per heavy atom. The highest BCUT2D eigenvalue weighted by molar-refractivity contribution is 6.30. The van der Waals surface area contributed by atoms with Crippen molar-refractivity contribution in [2.75, 3.05) is 26.8 Å². The number of hydrogen-bond donors (Lipinski definition) is 1. The van der Waals surface area contributed by atoms with Crippen molar-refractivity contribution in [1.82, 2.24) is 5.32 Å². The lowest BCUT2D eigenvalue weighted by Gasteiger charge is -2.32. The molecule has 1 N–H and O–H groups in total. The average molecular weight is 370 g/mol. The number of morpholine rings is 1. The summed E-state index contributed by atoms with van der Waals surface area (Å²) in [5.41, 5.74) is 1.07. The third-order valence-electron chi connectivity index (χ3n) is 3.80. The first-order valence-electron chi connectivity index (χ1n) is 7.65. The van der Waals surface area contributed by atoms with E-state index >= 15 is 0 Å². The van der Waals surface area contributed by atoms with Crippen LogP contribution in [0.15, 0.2) is 48.5 Å². The Bertz CT molecular complexity index is 633. The molecule has 0 unspecified atom stereocenters. The van der Waals surface area contributed by atoms with Crippen LogP contribution >= 0.6 is 24.0 Å². The van der Waals surface area contributed by atoms with Crippen LogP contribution in [0.25, 0.3) is 0 Å². The number of nitrogens with one attached hydrogen (secondary N) is 1. The summed E-state index contributed by atoms with van der Waals surface area (Å²) in [6.45, 7) is 2.28. The van der Waals surface area contributed by atoms with E-state index in [4.69, 9.17) is 25.8 Å². The van der Waals surface area contributed by atoms with Crippen LogP contribution in [-0.4, -0.2) is 32.9 Å². The molecule has 0 aliphatic carbocycles. The lowest BCUT2D eigenvalue weighted by molar-refractivity contribution is -0.0438. The van der Waals surface area contributed by atoms with Gasteiger partial charge >= 0.3 is 0 Å². The number of halogens is 2. The van der Waals surface area contributed by atoms with Crippen LogP contribution in [0.1, 0.15) is 11.7 Å². The van der Waals surface area contributed by atoms with Crippen LogP contribution in [-0.2, 0) is 4.74 Å². The molecule has 1 saturated heterocycles. The van der Waals surface area contributed by atoms with Crippen LogP contribution in [0, 0.1) is 0 Å². The fraction of sp³-hybridized carbons (Fsp3) is 0.333. The van der Waals surface area contributed by atoms with Gasteiger partial charge in [0.25, 0.3) is 0 Å². The number of rotatable bonds is 5. The summed E-state index contributed by atoms with van der Waals surface area (Å²) in [7, 11) is 1.61. The second-order valence-corrected chi connectivity index (χ2v) is 5.79. The molecule has 0 bridgehead atoms. The van der Waals surface area contributed by atoms with Crippen LogP contribution in [0.4, 0.5) is 0 Å². The van der Waals surface area contributed by atoms with Gasteiger partial charge < -0.3 is 19.5 Å². The third kappa shape index (κ3) is 4.54. The van der Waals surface area contributed by atoms with Crippen molar-refractivity contribution in [3.63, 3.8) is 0 Å². The van der Waals surface area contributed by atoms with E-state index in [1.54, 1.807) is 19.2 Å². The van der Waals surface area contributed by atoms with E-state index in [9.17, 15) is 0 Å². The molecule has 2 aromatic carbocycles. The molecule has 24 heavy (non-hydrogen) atoms. The molecule has 0 radical (unpaired) electrons. The Balaban J connectivity index is 0.00000208. The molecular weight excluding hydrogens is 349 g/mol. The third-order valence-corrected chi connectivity index (χ3v) is 4.04. The summed E-state index contributed by atoms with van der Waals surface area (Å²) in [6, 6.07) is 15.5. The van der Waals surface area contributed by atoms with E-state index in [1.165, 1.54) is 0 Å². The summed E-state index contributed by atoms with van der Waals surface area (Å²) >= 11 is 6.03. The molecule has 2 aromatic rings. The van der Waals surface area contributed by atoms with Crippen LogP contribution < -0.4 is 14.8 Å². The largest absolute Gasteiger partial charge is 0.493 e. The van der Waals surface area contributed by atoms with Gasteiger partial charge in [-0.3, -0.25) is 0 Å². The zero-order valence-electron chi connectivity index (χ0n) is 13.4. The maximum Gasteiger partial charge on any atom is 0.162 e. The summed E-state index contributed by atoms with van der Waals surface area (Å²) in [5, 5.41) is 3.96. The zero-order chi connectivity index (χ0) is 16.1. The zero-order valence-corrected chi connectivity index (χ0v) is 15.0. The Morgan fingerprint density at radius 3 is 2.62 bits per heavy atom. The van der Waals surface area contributed by atoms with Gasteiger partial charge in [0.05, 0.1) is 13.7 Å². The van der Waals surface area contributed by atoms with Gasteiger partial charge in [-0.25, -0.2) is 0 Å². The number of hydrogen-bond acceptors (Lipinski definition) is 4. The first kappa shape index (κ1) is 18.9. The Labute approximate surface area is 153 Å². The quantitative estimate of drug-likeness (QED) is 0.867. The van der Waals surface area contributed by atoms with Crippen molar-refractivity contribution >= 4 is 24.0 Å². The second-order valence-electron chi connectivity index (χ2n) is 5.36. The van der Waals surface area contributed by atoms with E-state index in [1.807, 2.05) is 36.4 Å². The molecular formula is C18H21Cl2NO3. The molecule has 1 fully saturated rings. The fourth-order valence-corrected chi connectivity index (χ4v) is 2.82. The molecule has 1 heterocycles. The van der Waals surface area contributed by atoms with Gasteiger partial charge in [-0.2, -0.15) is 0 Å². The Kier molecular flexibility index (Phi) is 7.18. The smallest absolute Gasteiger partial charge is 0.162 e. The predicted molar refractivity (Wildman–Crippen MR) is 97.7 cm³/mol. The predicted octanol–water partition coefficient (Wildman–Crippen LogP) is 3.88. The van der Waals surface area contributed by atoms with E-state index in [0.717, 1.165) is 18.7 Å². The minimum atomic E-state index is -0.223. The van der Waals surface area contributed by atoms with Gasteiger partial charge in [-0.05, 0) is 17.7 Å². The molecule has 4 nitrogen and oxygen atoms in total. The van der Waals surface area contributed by atoms with Gasteiger partial charge in [0.1, 0.15) is 6.10 Å². The van der Waals surface area contributed by atoms with E-state index in [2.05, 4.69) is 5.32 Å². The molecule has 6 heteroatoms. The van der Waals surface area contributed by atoms with E-state index in [0.29, 0.717) is 23.1 Å². The second kappa shape index (κ2) is 9.14. The summed E-state index contributed by atoms with van der Waals surface area (Å²) in [6.07, 6.45) is -0.286. The molecule has 0 saturated carbocycles. The van der Waals surface area contributed by atoms with Gasteiger partial charge in [-0.1, -0.05) is 41.9 Å². The number of methoxy groups -OCH3 is 1. The van der Waals surface area contributed by atoms with Crippen LogP contribution in [0.2, 0.25) is 5.02 Å². The van der Waals surface area contributed by atoms with Crippen molar-refractivity contribution in [2.24, 2.45) is 0 Å². The highest BCUT2D eigenvalue weighted by Gasteiger charge is 2.28. The number of ether oxygens (including phenoxy) is 3. The highest BCUT2D eigenvalue weighted by atomic mass is 35.5. The monoisotopic (exact) mass is 369 g/mol. The SMILES string of the molecule is COc1cc(Cl)ccc1O[C@H](c1ccccc1)[C@@H]1CNCCO1.Cl. The Hall–Kier alpha value is -1.46. The summed E-state index contributed by atoms with van der Waals surface area (Å²) in [4.78, 5) is 0. The van der Waals surface area contributed by atoms with Crippen molar-refractivity contribution in [3.8, 4) is 11.5 Å². The van der Waals surface area contributed by atoms with Crippen molar-refractivity contribution in [2.45, 2.75) is 12.2 Å². The summed E-state index contributed by atoms with van der Waals surface area (Å²) in [5.74, 6) is 1.27. The molecule has 0 aromatic heterocycles. The topological polar surface area (TPSA) is 39.7 Å². The normalized spacial score (nSPS) is 18.3. The molecule has 1 aliphatic rings. The van der Waals surface area contributed by atoms with E-state index < -0.39 is 0 Å². The van der Waals surface area contributed by atoms with Gasteiger partial charge in [-0.15, -0.1) is 12.4 Å². The Morgan fingerprint density at radius 1 is 1.17 bits per heavy atom. The minimum Gasteiger partial charge on any atom is -0.493 e. The molecule has 1 aliphatic heterocycles. The van der Waals surface area contributed by atoms with Crippen molar-refractivity contribution in [3.05, 3.63) is 59.1 Å². The first-order valence-corrected chi connectivity index (χ1v) is 8.03. The van der Waals surface area contributed by atoms with E-state index in [-0.39, 0.29) is 24.6 Å². The van der Waals surface area contributed by atoms with Crippen LogP contribution in [0.3, 0.4) is 0 Å². The van der Waals surface area contributed by atoms with Gasteiger partial charge in [0.2, 0.25) is 0 Å². The molecule has 0 spiro atoms. The van der Waals surface area contributed by atoms with Crippen molar-refractivity contribution in [1.29, 1.82) is 0 Å². The maximum atomic E-state index is 6.27. The summed E-state index contributed by atoms with van der Waals surface area (Å²) < 4.78 is 17.6. The minimum absolute atomic E-state index is 0. The molecule has 2 atom stereocenters. The lowest BCUT2D eigenvalue weighted by atomic mass is 10.0. The van der Waals surface area contributed by atoms with Gasteiger partial charge in [0, 0.05) is 24.2 Å². The average Bonchev–Trinajstić information content (AvgIpc) is 2.62. The van der Waals surface area contributed by atoms with Gasteiger partial charge in [0.15, 0.2) is 17.6 Å². The first-order chi connectivity index (χ1) is 11.3. The molecule has 130 valence electrons. The standard InChI is InChI=1S/C18H20ClNO3.ClH/c1-21-16-11-14(19)7-8-15(16)23-18(13-5-3-2-4-6-13)17-12-20-9-10-22-17;/h2-8,11,17-18,20H,9-10,12H2,1H3;1H/t17-,18+;/m0./s1. The fourth-order valence-electron chi connectivity index (χ4n) is 2.66. The van der Waals surface area contributed by atoms with Crippen molar-refractivity contribution < 1.29 is 14.2 Å². The number of benzene rings is 2. The highest BCUT2D eigenvalue weighted by Crippen LogP contribution is 2.35. The van der Waals surface area contributed by atoms with Crippen LogP contribution in [0.5, 0.6) is 11.5 Å². The molecule has 0 amide bonds. The maximum absolute atomic E-state index is 6.27. The molecule has 3 rings (SSSR count).